The Morgan fingerprint density at radius 2 is 1.55 bits per heavy atom. The number of carboxylic acids is 1. The summed E-state index contributed by atoms with van der Waals surface area (Å²) in [6.45, 7) is 1.37. The van der Waals surface area contributed by atoms with Gasteiger partial charge in [0.1, 0.15) is 18.1 Å². The van der Waals surface area contributed by atoms with Crippen LogP contribution in [-0.2, 0) is 30.4 Å². The fourth-order valence-corrected chi connectivity index (χ4v) is 2.76. The van der Waals surface area contributed by atoms with E-state index < -0.39 is 60.2 Å². The van der Waals surface area contributed by atoms with Crippen molar-refractivity contribution in [1.29, 1.82) is 0 Å². The van der Waals surface area contributed by atoms with Crippen molar-refractivity contribution in [1.82, 2.24) is 16.0 Å². The molecule has 8 N–H and O–H groups in total. The second kappa shape index (κ2) is 12.5. The highest BCUT2D eigenvalue weighted by Crippen LogP contribution is 2.03. The topological polar surface area (TPSA) is 194 Å². The van der Waals surface area contributed by atoms with Gasteiger partial charge in [0.25, 0.3) is 0 Å². The van der Waals surface area contributed by atoms with Gasteiger partial charge in [-0.25, -0.2) is 4.79 Å². The molecule has 4 atom stereocenters. The molecule has 4 unspecified atom stereocenters. The van der Waals surface area contributed by atoms with E-state index in [-0.39, 0.29) is 12.2 Å². The van der Waals surface area contributed by atoms with E-state index in [0.717, 1.165) is 5.56 Å². The van der Waals surface area contributed by atoms with E-state index in [1.165, 1.54) is 6.92 Å². The molecule has 31 heavy (non-hydrogen) atoms. The predicted octanol–water partition coefficient (Wildman–Crippen LogP) is -2.08. The molecular weight excluding hydrogens is 426 g/mol. The van der Waals surface area contributed by atoms with Crippen LogP contribution in [-0.4, -0.2) is 64.6 Å². The summed E-state index contributed by atoms with van der Waals surface area (Å²) in [6, 6.07) is 4.32. The van der Waals surface area contributed by atoms with Crippen LogP contribution in [0.2, 0.25) is 0 Å². The number of nitrogens with one attached hydrogen (secondary N) is 3. The van der Waals surface area contributed by atoms with Crippen molar-refractivity contribution in [3.8, 4) is 0 Å². The van der Waals surface area contributed by atoms with Crippen molar-refractivity contribution in [3.63, 3.8) is 0 Å². The maximum atomic E-state index is 12.4. The largest absolute Gasteiger partial charge is 0.480 e. The van der Waals surface area contributed by atoms with Gasteiger partial charge in [-0.2, -0.15) is 12.6 Å². The first-order chi connectivity index (χ1) is 14.5. The Labute approximate surface area is 184 Å². The van der Waals surface area contributed by atoms with Gasteiger partial charge in [-0.1, -0.05) is 30.3 Å². The molecular formula is C19H27N5O6S. The van der Waals surface area contributed by atoms with E-state index in [1.807, 2.05) is 30.3 Å². The number of amides is 4. The molecule has 0 saturated heterocycles. The number of primary amides is 1. The Hall–Kier alpha value is -3.12. The summed E-state index contributed by atoms with van der Waals surface area (Å²) in [4.78, 5) is 59.3. The van der Waals surface area contributed by atoms with Crippen LogP contribution in [0, 0.1) is 0 Å². The number of hydrogen-bond acceptors (Lipinski definition) is 7. The number of benzene rings is 1. The average Bonchev–Trinajstić information content (AvgIpc) is 2.71. The van der Waals surface area contributed by atoms with Crippen molar-refractivity contribution in [2.24, 2.45) is 11.5 Å². The molecule has 1 rings (SSSR count). The highest BCUT2D eigenvalue weighted by molar-refractivity contribution is 7.80. The van der Waals surface area contributed by atoms with Crippen molar-refractivity contribution < 1.29 is 29.1 Å². The highest BCUT2D eigenvalue weighted by atomic mass is 32.1. The fourth-order valence-electron chi connectivity index (χ4n) is 2.51. The molecule has 0 heterocycles. The number of rotatable bonds is 12. The molecule has 0 aliphatic carbocycles. The summed E-state index contributed by atoms with van der Waals surface area (Å²) >= 11 is 3.83. The first-order valence-electron chi connectivity index (χ1n) is 9.37. The molecule has 170 valence electrons. The number of carbonyl (C=O) groups excluding carboxylic acids is 4. The molecule has 1 aromatic rings. The quantitative estimate of drug-likeness (QED) is 0.176. The van der Waals surface area contributed by atoms with E-state index in [2.05, 4.69) is 28.6 Å². The van der Waals surface area contributed by atoms with E-state index >= 15 is 0 Å². The molecule has 1 aromatic carbocycles. The third-order valence-corrected chi connectivity index (χ3v) is 4.59. The number of aliphatic carboxylic acids is 1. The standard InChI is InChI=1S/C19H27N5O6S/c1-10(22-17(27)12(20)7-11-5-3-2-4-6-11)16(26)23-13(8-15(21)25)18(28)24-14(9-31)19(29)30/h2-6,10,12-14,31H,7-9,20H2,1H3,(H2,21,25)(H,22,27)(H,23,26)(H,24,28)(H,29,30). The van der Waals surface area contributed by atoms with Gasteiger partial charge in [0.2, 0.25) is 23.6 Å². The molecule has 0 saturated carbocycles. The van der Waals surface area contributed by atoms with E-state index in [1.54, 1.807) is 0 Å². The van der Waals surface area contributed by atoms with Crippen LogP contribution in [0.25, 0.3) is 0 Å². The number of hydrogen-bond donors (Lipinski definition) is 7. The van der Waals surface area contributed by atoms with E-state index in [9.17, 15) is 24.0 Å². The molecule has 0 aliphatic heterocycles. The van der Waals surface area contributed by atoms with Crippen molar-refractivity contribution >= 4 is 42.2 Å². The molecule has 4 amide bonds. The third kappa shape index (κ3) is 9.05. The van der Waals surface area contributed by atoms with Crippen molar-refractivity contribution in [2.75, 3.05) is 5.75 Å². The Kier molecular flexibility index (Phi) is 10.5. The molecule has 0 spiro atoms. The van der Waals surface area contributed by atoms with Crippen LogP contribution >= 0.6 is 12.6 Å². The monoisotopic (exact) mass is 453 g/mol. The van der Waals surface area contributed by atoms with Gasteiger partial charge in [0.15, 0.2) is 0 Å². The lowest BCUT2D eigenvalue weighted by atomic mass is 10.1. The SMILES string of the molecule is CC(NC(=O)C(N)Cc1ccccc1)C(=O)NC(CC(N)=O)C(=O)NC(CS)C(=O)O. The molecule has 0 fully saturated rings. The Balaban J connectivity index is 2.71. The Morgan fingerprint density at radius 1 is 0.968 bits per heavy atom. The Bertz CT molecular complexity index is 806. The van der Waals surface area contributed by atoms with Crippen LogP contribution in [0.5, 0.6) is 0 Å². The van der Waals surface area contributed by atoms with Gasteiger partial charge < -0.3 is 32.5 Å². The summed E-state index contributed by atoms with van der Waals surface area (Å²) in [5, 5.41) is 15.9. The highest BCUT2D eigenvalue weighted by Gasteiger charge is 2.29. The minimum Gasteiger partial charge on any atom is -0.480 e. The van der Waals surface area contributed by atoms with Crippen LogP contribution in [0.1, 0.15) is 18.9 Å². The smallest absolute Gasteiger partial charge is 0.327 e. The first kappa shape index (κ1) is 25.9. The van der Waals surface area contributed by atoms with E-state index in [4.69, 9.17) is 16.6 Å². The van der Waals surface area contributed by atoms with Gasteiger partial charge in [-0.05, 0) is 18.9 Å². The van der Waals surface area contributed by atoms with Crippen LogP contribution in [0.15, 0.2) is 30.3 Å². The van der Waals surface area contributed by atoms with Gasteiger partial charge in [0.05, 0.1) is 12.5 Å². The van der Waals surface area contributed by atoms with Crippen molar-refractivity contribution in [2.45, 2.75) is 43.9 Å². The summed E-state index contributed by atoms with van der Waals surface area (Å²) in [5.41, 5.74) is 11.8. The summed E-state index contributed by atoms with van der Waals surface area (Å²) < 4.78 is 0. The zero-order valence-electron chi connectivity index (χ0n) is 16.9. The predicted molar refractivity (Wildman–Crippen MR) is 115 cm³/mol. The summed E-state index contributed by atoms with van der Waals surface area (Å²) in [5.74, 6) is -4.71. The van der Waals surface area contributed by atoms with Crippen LogP contribution in [0.3, 0.4) is 0 Å². The normalized spacial score (nSPS) is 14.4. The maximum absolute atomic E-state index is 12.4. The third-order valence-electron chi connectivity index (χ3n) is 4.22. The van der Waals surface area contributed by atoms with Gasteiger partial charge in [-0.15, -0.1) is 0 Å². The van der Waals surface area contributed by atoms with Crippen LogP contribution in [0.4, 0.5) is 0 Å². The average molecular weight is 454 g/mol. The number of thiol groups is 1. The minimum absolute atomic E-state index is 0.204. The summed E-state index contributed by atoms with van der Waals surface area (Å²) in [7, 11) is 0. The molecule has 0 aliphatic rings. The molecule has 12 heteroatoms. The maximum Gasteiger partial charge on any atom is 0.327 e. The van der Waals surface area contributed by atoms with Gasteiger partial charge >= 0.3 is 5.97 Å². The number of nitrogens with two attached hydrogens (primary N) is 2. The molecule has 0 radical (unpaired) electrons. The fraction of sp³-hybridized carbons (Fsp3) is 0.421. The van der Waals surface area contributed by atoms with Crippen molar-refractivity contribution in [3.05, 3.63) is 35.9 Å². The Morgan fingerprint density at radius 3 is 2.06 bits per heavy atom. The molecule has 11 nitrogen and oxygen atoms in total. The lowest BCUT2D eigenvalue weighted by Crippen LogP contribution is -2.57. The van der Waals surface area contributed by atoms with Crippen LogP contribution < -0.4 is 27.4 Å². The number of carboxylic acid groups (broad SMARTS) is 1. The van der Waals surface area contributed by atoms with Gasteiger partial charge in [-0.3, -0.25) is 19.2 Å². The minimum atomic E-state index is -1.43. The lowest BCUT2D eigenvalue weighted by Gasteiger charge is -2.22. The zero-order valence-corrected chi connectivity index (χ0v) is 17.8. The van der Waals surface area contributed by atoms with Gasteiger partial charge in [0, 0.05) is 5.75 Å². The van der Waals surface area contributed by atoms with E-state index in [0.29, 0.717) is 0 Å². The second-order valence-corrected chi connectivity index (χ2v) is 7.21. The molecule has 0 bridgehead atoms. The summed E-state index contributed by atoms with van der Waals surface area (Å²) in [6.07, 6.45) is -0.307. The zero-order chi connectivity index (χ0) is 23.6. The number of carbonyl (C=O) groups is 5. The second-order valence-electron chi connectivity index (χ2n) is 6.84. The first-order valence-corrected chi connectivity index (χ1v) is 10.0. The molecule has 0 aromatic heterocycles. The lowest BCUT2D eigenvalue weighted by molar-refractivity contribution is -0.141.